The number of rotatable bonds is 4. The largest absolute Gasteiger partial charge is 0.293 e. The summed E-state index contributed by atoms with van der Waals surface area (Å²) >= 11 is 5.68. The number of halogens is 2. The number of hydrogen-bond acceptors (Lipinski definition) is 2. The minimum atomic E-state index is -1.58. The third-order valence-electron chi connectivity index (χ3n) is 3.15. The van der Waals surface area contributed by atoms with Crippen LogP contribution in [0.4, 0.5) is 4.39 Å². The van der Waals surface area contributed by atoms with E-state index in [0.29, 0.717) is 10.5 Å². The van der Waals surface area contributed by atoms with Crippen molar-refractivity contribution in [2.75, 3.05) is 0 Å². The van der Waals surface area contributed by atoms with E-state index in [1.165, 1.54) is 12.1 Å². The quantitative estimate of drug-likeness (QED) is 0.791. The Hall–Kier alpha value is -1.52. The van der Waals surface area contributed by atoms with Crippen LogP contribution in [0.3, 0.4) is 0 Å². The standard InChI is InChI=1S/C16H14ClFO2S/c1-10-3-5-12(6-4-10)16(19)11(2)21(20)13-7-8-15(18)14(17)9-13/h3-9,11H,1-2H3. The molecule has 0 bridgehead atoms. The van der Waals surface area contributed by atoms with Crippen molar-refractivity contribution in [2.45, 2.75) is 24.0 Å². The molecule has 0 saturated carbocycles. The normalized spacial score (nSPS) is 13.7. The lowest BCUT2D eigenvalue weighted by molar-refractivity contribution is 0.0992. The fourth-order valence-electron chi connectivity index (χ4n) is 1.86. The molecule has 2 rings (SSSR count). The van der Waals surface area contributed by atoms with Crippen molar-refractivity contribution in [1.82, 2.24) is 0 Å². The van der Waals surface area contributed by atoms with Crippen molar-refractivity contribution < 1.29 is 13.4 Å². The molecule has 0 radical (unpaired) electrons. The Labute approximate surface area is 130 Å². The van der Waals surface area contributed by atoms with Crippen LogP contribution in [0.15, 0.2) is 47.4 Å². The van der Waals surface area contributed by atoms with Crippen LogP contribution in [0.1, 0.15) is 22.8 Å². The molecule has 0 fully saturated rings. The topological polar surface area (TPSA) is 34.1 Å². The summed E-state index contributed by atoms with van der Waals surface area (Å²) in [6.45, 7) is 3.52. The van der Waals surface area contributed by atoms with Crippen LogP contribution in [0.25, 0.3) is 0 Å². The van der Waals surface area contributed by atoms with Gasteiger partial charge in [-0.25, -0.2) is 4.39 Å². The number of ketones is 1. The van der Waals surface area contributed by atoms with Crippen molar-refractivity contribution in [2.24, 2.45) is 0 Å². The number of Topliss-reactive ketones (excluding diaryl/α,β-unsaturated/α-hetero) is 1. The Bertz CT molecular complexity index is 698. The molecule has 2 aromatic rings. The first-order chi connectivity index (χ1) is 9.90. The van der Waals surface area contributed by atoms with Crippen LogP contribution in [0, 0.1) is 12.7 Å². The Morgan fingerprint density at radius 2 is 1.81 bits per heavy atom. The summed E-state index contributed by atoms with van der Waals surface area (Å²) < 4.78 is 25.5. The lowest BCUT2D eigenvalue weighted by Gasteiger charge is -2.11. The maximum atomic E-state index is 13.1. The van der Waals surface area contributed by atoms with Crippen molar-refractivity contribution in [3.63, 3.8) is 0 Å². The molecule has 110 valence electrons. The lowest BCUT2D eigenvalue weighted by Crippen LogP contribution is -2.22. The van der Waals surface area contributed by atoms with Gasteiger partial charge in [0.25, 0.3) is 0 Å². The summed E-state index contributed by atoms with van der Waals surface area (Å²) in [7, 11) is -1.58. The second kappa shape index (κ2) is 6.50. The SMILES string of the molecule is Cc1ccc(C(=O)C(C)S(=O)c2ccc(F)c(Cl)c2)cc1. The van der Waals surface area contributed by atoms with Gasteiger partial charge in [-0.3, -0.25) is 9.00 Å². The van der Waals surface area contributed by atoms with Gasteiger partial charge in [-0.1, -0.05) is 41.4 Å². The van der Waals surface area contributed by atoms with Crippen LogP contribution in [0.5, 0.6) is 0 Å². The molecule has 2 unspecified atom stereocenters. The summed E-state index contributed by atoms with van der Waals surface area (Å²) in [6, 6.07) is 10.9. The van der Waals surface area contributed by atoms with Crippen molar-refractivity contribution in [1.29, 1.82) is 0 Å². The molecular formula is C16H14ClFO2S. The van der Waals surface area contributed by atoms with E-state index in [1.807, 2.05) is 19.1 Å². The van der Waals surface area contributed by atoms with E-state index in [4.69, 9.17) is 11.6 Å². The van der Waals surface area contributed by atoms with Gasteiger partial charge < -0.3 is 0 Å². The molecule has 0 aliphatic heterocycles. The van der Waals surface area contributed by atoms with Crippen molar-refractivity contribution in [3.05, 3.63) is 64.4 Å². The van der Waals surface area contributed by atoms with E-state index in [0.717, 1.165) is 11.6 Å². The first kappa shape index (κ1) is 15.9. The number of carbonyl (C=O) groups excluding carboxylic acids is 1. The predicted octanol–water partition coefficient (Wildman–Crippen LogP) is 4.17. The highest BCUT2D eigenvalue weighted by Crippen LogP contribution is 2.21. The molecule has 0 aromatic heterocycles. The third-order valence-corrected chi connectivity index (χ3v) is 5.01. The van der Waals surface area contributed by atoms with Crippen LogP contribution >= 0.6 is 11.6 Å². The van der Waals surface area contributed by atoms with Gasteiger partial charge in [0.1, 0.15) is 5.82 Å². The zero-order chi connectivity index (χ0) is 15.6. The average molecular weight is 325 g/mol. The molecular weight excluding hydrogens is 311 g/mol. The summed E-state index contributed by atoms with van der Waals surface area (Å²) in [6.07, 6.45) is 0. The predicted molar refractivity (Wildman–Crippen MR) is 82.8 cm³/mol. The monoisotopic (exact) mass is 324 g/mol. The molecule has 0 amide bonds. The van der Waals surface area contributed by atoms with Gasteiger partial charge in [0, 0.05) is 10.5 Å². The smallest absolute Gasteiger partial charge is 0.178 e. The van der Waals surface area contributed by atoms with E-state index >= 15 is 0 Å². The van der Waals surface area contributed by atoms with Crippen LogP contribution in [0.2, 0.25) is 5.02 Å². The molecule has 0 aliphatic carbocycles. The van der Waals surface area contributed by atoms with Gasteiger partial charge in [-0.15, -0.1) is 0 Å². The Morgan fingerprint density at radius 3 is 2.38 bits per heavy atom. The Balaban J connectivity index is 2.24. The van der Waals surface area contributed by atoms with E-state index in [9.17, 15) is 13.4 Å². The van der Waals surface area contributed by atoms with Crippen LogP contribution in [-0.4, -0.2) is 15.2 Å². The van der Waals surface area contributed by atoms with Gasteiger partial charge in [-0.05, 0) is 32.0 Å². The first-order valence-corrected chi connectivity index (χ1v) is 7.95. The summed E-state index contributed by atoms with van der Waals surface area (Å²) in [5.41, 5.74) is 1.56. The highest BCUT2D eigenvalue weighted by atomic mass is 35.5. The van der Waals surface area contributed by atoms with Crippen LogP contribution < -0.4 is 0 Å². The number of benzene rings is 2. The first-order valence-electron chi connectivity index (χ1n) is 6.36. The minimum Gasteiger partial charge on any atom is -0.293 e. The van der Waals surface area contributed by atoms with E-state index < -0.39 is 21.9 Å². The summed E-state index contributed by atoms with van der Waals surface area (Å²) in [5, 5.41) is -0.829. The number of carbonyl (C=O) groups is 1. The maximum Gasteiger partial charge on any atom is 0.178 e. The fraction of sp³-hybridized carbons (Fsp3) is 0.188. The van der Waals surface area contributed by atoms with E-state index in [-0.39, 0.29) is 10.8 Å². The molecule has 21 heavy (non-hydrogen) atoms. The number of aryl methyl sites for hydroxylation is 1. The molecule has 5 heteroatoms. The molecule has 0 saturated heterocycles. The maximum absolute atomic E-state index is 13.1. The molecule has 2 nitrogen and oxygen atoms in total. The van der Waals surface area contributed by atoms with E-state index in [2.05, 4.69) is 0 Å². The average Bonchev–Trinajstić information content (AvgIpc) is 2.48. The van der Waals surface area contributed by atoms with Gasteiger partial charge in [0.2, 0.25) is 0 Å². The van der Waals surface area contributed by atoms with Gasteiger partial charge in [0.15, 0.2) is 5.78 Å². The number of hydrogen-bond donors (Lipinski definition) is 0. The van der Waals surface area contributed by atoms with Crippen molar-refractivity contribution in [3.8, 4) is 0 Å². The van der Waals surface area contributed by atoms with Gasteiger partial charge in [-0.2, -0.15) is 0 Å². The fourth-order valence-corrected chi connectivity index (χ4v) is 3.28. The van der Waals surface area contributed by atoms with E-state index in [1.54, 1.807) is 19.1 Å². The Kier molecular flexibility index (Phi) is 4.91. The van der Waals surface area contributed by atoms with Crippen LogP contribution in [-0.2, 0) is 10.8 Å². The highest BCUT2D eigenvalue weighted by Gasteiger charge is 2.23. The molecule has 2 atom stereocenters. The van der Waals surface area contributed by atoms with Gasteiger partial charge >= 0.3 is 0 Å². The molecule has 0 N–H and O–H groups in total. The van der Waals surface area contributed by atoms with Gasteiger partial charge in [0.05, 0.1) is 21.1 Å². The molecule has 0 heterocycles. The molecule has 2 aromatic carbocycles. The third kappa shape index (κ3) is 3.57. The Morgan fingerprint density at radius 1 is 1.19 bits per heavy atom. The summed E-state index contributed by atoms with van der Waals surface area (Å²) in [5.74, 6) is -0.788. The second-order valence-corrected chi connectivity index (χ2v) is 6.93. The molecule has 0 spiro atoms. The van der Waals surface area contributed by atoms with Crippen molar-refractivity contribution >= 4 is 28.2 Å². The second-order valence-electron chi connectivity index (χ2n) is 4.75. The lowest BCUT2D eigenvalue weighted by atomic mass is 10.1. The zero-order valence-corrected chi connectivity index (χ0v) is 13.2. The summed E-state index contributed by atoms with van der Waals surface area (Å²) in [4.78, 5) is 12.7. The molecule has 0 aliphatic rings. The highest BCUT2D eigenvalue weighted by molar-refractivity contribution is 7.86. The zero-order valence-electron chi connectivity index (χ0n) is 11.6. The minimum absolute atomic E-state index is 0.101.